The maximum absolute atomic E-state index is 11.9. The Morgan fingerprint density at radius 1 is 1.19 bits per heavy atom. The van der Waals surface area contributed by atoms with Gasteiger partial charge in [-0.05, 0) is 42.0 Å². The number of halogens is 1. The molecule has 0 aliphatic rings. The van der Waals surface area contributed by atoms with E-state index in [1.807, 2.05) is 6.07 Å². The number of ether oxygens (including phenoxy) is 2. The van der Waals surface area contributed by atoms with Crippen LogP contribution in [-0.2, 0) is 9.59 Å². The first-order valence-electron chi connectivity index (χ1n) is 7.85. The number of rotatable bonds is 7. The summed E-state index contributed by atoms with van der Waals surface area (Å²) in [4.78, 5) is 23.7. The van der Waals surface area contributed by atoms with Gasteiger partial charge < -0.3 is 14.8 Å². The first-order valence-corrected chi connectivity index (χ1v) is 8.64. The summed E-state index contributed by atoms with van der Waals surface area (Å²) in [5.74, 6) is -0.633. The largest absolute Gasteiger partial charge is 0.493 e. The second kappa shape index (κ2) is 10.1. The Hall–Kier alpha value is -3.13. The van der Waals surface area contributed by atoms with E-state index in [4.69, 9.17) is 9.47 Å². The van der Waals surface area contributed by atoms with E-state index in [0.29, 0.717) is 29.4 Å². The van der Waals surface area contributed by atoms with Gasteiger partial charge >= 0.3 is 11.8 Å². The van der Waals surface area contributed by atoms with E-state index in [1.165, 1.54) is 13.3 Å². The van der Waals surface area contributed by atoms with E-state index < -0.39 is 11.8 Å². The topological polar surface area (TPSA) is 89.0 Å². The van der Waals surface area contributed by atoms with Crippen LogP contribution in [0.5, 0.6) is 11.5 Å². The number of hydrogen-bond acceptors (Lipinski definition) is 5. The molecule has 0 aromatic heterocycles. The third-order valence-corrected chi connectivity index (χ3v) is 3.71. The smallest absolute Gasteiger partial charge is 0.329 e. The molecule has 8 heteroatoms. The van der Waals surface area contributed by atoms with Gasteiger partial charge in [-0.2, -0.15) is 5.10 Å². The molecule has 0 spiro atoms. The van der Waals surface area contributed by atoms with Crippen molar-refractivity contribution in [2.75, 3.05) is 19.0 Å². The lowest BCUT2D eigenvalue weighted by atomic mass is 10.2. The average molecular weight is 432 g/mol. The molecule has 0 fully saturated rings. The lowest BCUT2D eigenvalue weighted by molar-refractivity contribution is -0.136. The predicted octanol–water partition coefficient (Wildman–Crippen LogP) is 3.11. The van der Waals surface area contributed by atoms with Crippen molar-refractivity contribution < 1.29 is 19.1 Å². The van der Waals surface area contributed by atoms with E-state index in [0.717, 1.165) is 4.47 Å². The number of hydrazone groups is 1. The number of carbonyl (C=O) groups excluding carboxylic acids is 2. The van der Waals surface area contributed by atoms with Gasteiger partial charge in [0.2, 0.25) is 0 Å². The van der Waals surface area contributed by atoms with Gasteiger partial charge in [0.25, 0.3) is 0 Å². The minimum atomic E-state index is -0.885. The highest BCUT2D eigenvalue weighted by Gasteiger charge is 2.13. The molecule has 2 aromatic rings. The Balaban J connectivity index is 1.94. The van der Waals surface area contributed by atoms with Gasteiger partial charge in [0, 0.05) is 10.2 Å². The summed E-state index contributed by atoms with van der Waals surface area (Å²) in [5.41, 5.74) is 3.33. The maximum atomic E-state index is 11.9. The summed E-state index contributed by atoms with van der Waals surface area (Å²) >= 11 is 3.29. The quantitative estimate of drug-likeness (QED) is 0.305. The van der Waals surface area contributed by atoms with Crippen molar-refractivity contribution in [2.45, 2.75) is 0 Å². The Kier molecular flexibility index (Phi) is 7.57. The Morgan fingerprint density at radius 2 is 2.00 bits per heavy atom. The van der Waals surface area contributed by atoms with Crippen molar-refractivity contribution in [3.8, 4) is 11.5 Å². The van der Waals surface area contributed by atoms with Crippen molar-refractivity contribution in [3.63, 3.8) is 0 Å². The number of nitrogens with zero attached hydrogens (tertiary/aromatic N) is 1. The third kappa shape index (κ3) is 6.27. The normalized spacial score (nSPS) is 10.3. The highest BCUT2D eigenvalue weighted by Crippen LogP contribution is 2.27. The molecule has 0 atom stereocenters. The summed E-state index contributed by atoms with van der Waals surface area (Å²) in [6, 6.07) is 12.0. The minimum absolute atomic E-state index is 0.354. The number of amides is 2. The Bertz CT molecular complexity index is 868. The lowest BCUT2D eigenvalue weighted by Crippen LogP contribution is -2.32. The van der Waals surface area contributed by atoms with Crippen LogP contribution in [0.15, 0.2) is 64.7 Å². The van der Waals surface area contributed by atoms with Crippen molar-refractivity contribution >= 4 is 39.6 Å². The zero-order valence-electron chi connectivity index (χ0n) is 14.6. The maximum Gasteiger partial charge on any atom is 0.329 e. The van der Waals surface area contributed by atoms with E-state index in [-0.39, 0.29) is 0 Å². The fourth-order valence-electron chi connectivity index (χ4n) is 2.00. The molecule has 2 aromatic carbocycles. The van der Waals surface area contributed by atoms with Crippen molar-refractivity contribution in [1.82, 2.24) is 5.43 Å². The summed E-state index contributed by atoms with van der Waals surface area (Å²) < 4.78 is 11.5. The molecule has 7 nitrogen and oxygen atoms in total. The number of benzene rings is 2. The zero-order chi connectivity index (χ0) is 19.6. The van der Waals surface area contributed by atoms with Crippen LogP contribution in [0.25, 0.3) is 0 Å². The number of hydrogen-bond donors (Lipinski definition) is 2. The molecule has 0 saturated heterocycles. The molecule has 0 aliphatic carbocycles. The SMILES string of the molecule is C=CCOc1ccc(C=NNC(=O)C(=O)Nc2cccc(Br)c2)cc1OC. The molecule has 0 heterocycles. The second-order valence-electron chi connectivity index (χ2n) is 5.17. The molecule has 0 saturated carbocycles. The van der Waals surface area contributed by atoms with Crippen molar-refractivity contribution in [1.29, 1.82) is 0 Å². The predicted molar refractivity (Wildman–Crippen MR) is 107 cm³/mol. The first-order chi connectivity index (χ1) is 13.0. The monoisotopic (exact) mass is 431 g/mol. The van der Waals surface area contributed by atoms with Gasteiger partial charge in [0.1, 0.15) is 6.61 Å². The van der Waals surface area contributed by atoms with Crippen LogP contribution in [0.2, 0.25) is 0 Å². The van der Waals surface area contributed by atoms with E-state index in [9.17, 15) is 9.59 Å². The number of carbonyl (C=O) groups is 2. The fraction of sp³-hybridized carbons (Fsp3) is 0.105. The van der Waals surface area contributed by atoms with Gasteiger partial charge in [-0.25, -0.2) is 5.43 Å². The summed E-state index contributed by atoms with van der Waals surface area (Å²) in [5, 5.41) is 6.26. The van der Waals surface area contributed by atoms with Gasteiger partial charge in [-0.15, -0.1) is 0 Å². The molecule has 27 heavy (non-hydrogen) atoms. The Labute approximate surface area is 165 Å². The number of anilines is 1. The van der Waals surface area contributed by atoms with Crippen LogP contribution in [-0.4, -0.2) is 31.7 Å². The highest BCUT2D eigenvalue weighted by atomic mass is 79.9. The molecule has 2 N–H and O–H groups in total. The highest BCUT2D eigenvalue weighted by molar-refractivity contribution is 9.10. The summed E-state index contributed by atoms with van der Waals surface area (Å²) in [6.07, 6.45) is 3.02. The van der Waals surface area contributed by atoms with Crippen molar-refractivity contribution in [2.24, 2.45) is 5.10 Å². The van der Waals surface area contributed by atoms with Gasteiger partial charge in [-0.1, -0.05) is 34.7 Å². The number of nitrogens with one attached hydrogen (secondary N) is 2. The summed E-state index contributed by atoms with van der Waals surface area (Å²) in [7, 11) is 1.52. The van der Waals surface area contributed by atoms with Crippen LogP contribution in [0.4, 0.5) is 5.69 Å². The van der Waals surface area contributed by atoms with Crippen LogP contribution in [0.3, 0.4) is 0 Å². The van der Waals surface area contributed by atoms with E-state index in [2.05, 4.69) is 38.4 Å². The van der Waals surface area contributed by atoms with Gasteiger partial charge in [-0.3, -0.25) is 9.59 Å². The molecule has 140 valence electrons. The van der Waals surface area contributed by atoms with Crippen LogP contribution in [0.1, 0.15) is 5.56 Å². The van der Waals surface area contributed by atoms with Crippen LogP contribution >= 0.6 is 15.9 Å². The van der Waals surface area contributed by atoms with Gasteiger partial charge in [0.05, 0.1) is 13.3 Å². The zero-order valence-corrected chi connectivity index (χ0v) is 16.2. The van der Waals surface area contributed by atoms with E-state index >= 15 is 0 Å². The molecule has 2 amide bonds. The molecular formula is C19H18BrN3O4. The summed E-state index contributed by atoms with van der Waals surface area (Å²) in [6.45, 7) is 3.94. The first kappa shape index (κ1) is 20.2. The average Bonchev–Trinajstić information content (AvgIpc) is 2.66. The minimum Gasteiger partial charge on any atom is -0.493 e. The molecular weight excluding hydrogens is 414 g/mol. The molecule has 2 rings (SSSR count). The fourth-order valence-corrected chi connectivity index (χ4v) is 2.40. The third-order valence-electron chi connectivity index (χ3n) is 3.21. The molecule has 0 radical (unpaired) electrons. The van der Waals surface area contributed by atoms with Crippen LogP contribution in [0, 0.1) is 0 Å². The molecule has 0 unspecified atom stereocenters. The number of methoxy groups -OCH3 is 1. The second-order valence-corrected chi connectivity index (χ2v) is 6.09. The van der Waals surface area contributed by atoms with Crippen molar-refractivity contribution in [3.05, 3.63) is 65.2 Å². The lowest BCUT2D eigenvalue weighted by Gasteiger charge is -2.09. The van der Waals surface area contributed by atoms with Gasteiger partial charge in [0.15, 0.2) is 11.5 Å². The van der Waals surface area contributed by atoms with E-state index in [1.54, 1.807) is 42.5 Å². The van der Waals surface area contributed by atoms with Crippen LogP contribution < -0.4 is 20.2 Å². The standard InChI is InChI=1S/C19H18BrN3O4/c1-3-9-27-16-8-7-13(10-17(16)26-2)12-21-23-19(25)18(24)22-15-6-4-5-14(20)11-15/h3-8,10-12H,1,9H2,2H3,(H,22,24)(H,23,25). The Morgan fingerprint density at radius 3 is 2.70 bits per heavy atom. The molecule has 0 bridgehead atoms. The molecule has 0 aliphatic heterocycles.